The monoisotopic (exact) mass is 249 g/mol. The Morgan fingerprint density at radius 3 is 2.33 bits per heavy atom. The summed E-state index contributed by atoms with van der Waals surface area (Å²) in [4.78, 5) is 12.3. The van der Waals surface area contributed by atoms with Crippen molar-refractivity contribution < 1.29 is 15.0 Å². The zero-order chi connectivity index (χ0) is 13.2. The smallest absolute Gasteiger partial charge is 0.407 e. The number of piperidine rings is 1. The molecule has 0 aliphatic carbocycles. The van der Waals surface area contributed by atoms with Crippen LogP contribution < -0.4 is 0 Å². The van der Waals surface area contributed by atoms with Crippen molar-refractivity contribution in [3.63, 3.8) is 0 Å². The number of aliphatic hydroxyl groups is 1. The Hall–Kier alpha value is -1.55. The Morgan fingerprint density at radius 2 is 1.83 bits per heavy atom. The highest BCUT2D eigenvalue weighted by atomic mass is 16.4. The number of nitrogens with zero attached hydrogens (tertiary/aromatic N) is 1. The maximum atomic E-state index is 10.8. The minimum Gasteiger partial charge on any atom is -0.465 e. The second-order valence-corrected chi connectivity index (χ2v) is 5.06. The third kappa shape index (κ3) is 2.48. The van der Waals surface area contributed by atoms with Gasteiger partial charge < -0.3 is 15.1 Å². The molecular weight excluding hydrogens is 230 g/mol. The molecule has 1 aliphatic rings. The first-order chi connectivity index (χ1) is 8.51. The van der Waals surface area contributed by atoms with E-state index in [1.807, 2.05) is 37.3 Å². The fraction of sp³-hybridized carbons (Fsp3) is 0.500. The SMILES string of the molecule is CC(O)(c1ccccc1)C1CCN(C(=O)O)CC1. The highest BCUT2D eigenvalue weighted by molar-refractivity contribution is 5.65. The Morgan fingerprint density at radius 1 is 1.28 bits per heavy atom. The van der Waals surface area contributed by atoms with Gasteiger partial charge in [-0.15, -0.1) is 0 Å². The van der Waals surface area contributed by atoms with E-state index in [0.717, 1.165) is 5.56 Å². The van der Waals surface area contributed by atoms with Crippen LogP contribution in [0, 0.1) is 5.92 Å². The van der Waals surface area contributed by atoms with E-state index in [1.165, 1.54) is 4.90 Å². The minimum absolute atomic E-state index is 0.107. The molecule has 4 nitrogen and oxygen atoms in total. The number of hydrogen-bond donors (Lipinski definition) is 2. The molecule has 0 saturated carbocycles. The summed E-state index contributed by atoms with van der Waals surface area (Å²) in [6.45, 7) is 2.83. The molecule has 1 amide bonds. The van der Waals surface area contributed by atoms with Gasteiger partial charge in [-0.2, -0.15) is 0 Å². The molecule has 1 atom stereocenters. The molecule has 1 aromatic rings. The van der Waals surface area contributed by atoms with Crippen LogP contribution in [0.3, 0.4) is 0 Å². The van der Waals surface area contributed by atoms with E-state index in [0.29, 0.717) is 25.9 Å². The van der Waals surface area contributed by atoms with Crippen LogP contribution in [-0.4, -0.2) is 34.3 Å². The quantitative estimate of drug-likeness (QED) is 0.845. The Bertz CT molecular complexity index is 408. The largest absolute Gasteiger partial charge is 0.465 e. The molecule has 2 N–H and O–H groups in total. The topological polar surface area (TPSA) is 60.8 Å². The van der Waals surface area contributed by atoms with Crippen molar-refractivity contribution in [2.24, 2.45) is 5.92 Å². The van der Waals surface area contributed by atoms with Crippen molar-refractivity contribution in [1.29, 1.82) is 0 Å². The maximum Gasteiger partial charge on any atom is 0.407 e. The normalized spacial score (nSPS) is 20.4. The van der Waals surface area contributed by atoms with E-state index in [1.54, 1.807) is 0 Å². The first-order valence-corrected chi connectivity index (χ1v) is 6.27. The molecule has 0 spiro atoms. The van der Waals surface area contributed by atoms with Crippen molar-refractivity contribution in [3.05, 3.63) is 35.9 Å². The summed E-state index contributed by atoms with van der Waals surface area (Å²) in [5.41, 5.74) is 0.0186. The average Bonchev–Trinajstić information content (AvgIpc) is 2.40. The van der Waals surface area contributed by atoms with Crippen molar-refractivity contribution in [2.75, 3.05) is 13.1 Å². The fourth-order valence-corrected chi connectivity index (χ4v) is 2.64. The van der Waals surface area contributed by atoms with Crippen molar-refractivity contribution >= 4 is 6.09 Å². The number of benzene rings is 1. The van der Waals surface area contributed by atoms with Gasteiger partial charge in [-0.1, -0.05) is 30.3 Å². The molecule has 98 valence electrons. The van der Waals surface area contributed by atoms with Gasteiger partial charge in [-0.25, -0.2) is 4.79 Å². The van der Waals surface area contributed by atoms with Gasteiger partial charge in [0.2, 0.25) is 0 Å². The molecule has 1 fully saturated rings. The molecule has 1 heterocycles. The molecular formula is C14H19NO3. The van der Waals surface area contributed by atoms with Gasteiger partial charge >= 0.3 is 6.09 Å². The highest BCUT2D eigenvalue weighted by Gasteiger charge is 2.36. The van der Waals surface area contributed by atoms with E-state index in [4.69, 9.17) is 5.11 Å². The number of carbonyl (C=O) groups is 1. The van der Waals surface area contributed by atoms with Gasteiger partial charge in [0.25, 0.3) is 0 Å². The number of rotatable bonds is 2. The number of amides is 1. The number of carboxylic acid groups (broad SMARTS) is 1. The summed E-state index contributed by atoms with van der Waals surface area (Å²) in [6, 6.07) is 9.59. The summed E-state index contributed by atoms with van der Waals surface area (Å²) >= 11 is 0. The Kier molecular flexibility index (Phi) is 3.57. The van der Waals surface area contributed by atoms with Gasteiger partial charge in [0.15, 0.2) is 0 Å². The second kappa shape index (κ2) is 4.98. The van der Waals surface area contributed by atoms with E-state index in [-0.39, 0.29) is 5.92 Å². The van der Waals surface area contributed by atoms with Gasteiger partial charge in [-0.05, 0) is 31.2 Å². The van der Waals surface area contributed by atoms with Crippen LogP contribution in [-0.2, 0) is 5.60 Å². The standard InChI is InChI=1S/C14H19NO3/c1-14(18,11-5-3-2-4-6-11)12-7-9-15(10-8-12)13(16)17/h2-6,12,18H,7-10H2,1H3,(H,16,17). The van der Waals surface area contributed by atoms with Crippen LogP contribution in [0.1, 0.15) is 25.3 Å². The van der Waals surface area contributed by atoms with Gasteiger partial charge in [0.1, 0.15) is 0 Å². The zero-order valence-electron chi connectivity index (χ0n) is 10.5. The molecule has 1 aliphatic heterocycles. The lowest BCUT2D eigenvalue weighted by atomic mass is 9.77. The van der Waals surface area contributed by atoms with Gasteiger partial charge in [0, 0.05) is 13.1 Å². The minimum atomic E-state index is -0.883. The third-order valence-electron chi connectivity index (χ3n) is 3.92. The molecule has 0 aromatic heterocycles. The third-order valence-corrected chi connectivity index (χ3v) is 3.92. The Labute approximate surface area is 107 Å². The van der Waals surface area contributed by atoms with Gasteiger partial charge in [-0.3, -0.25) is 0 Å². The van der Waals surface area contributed by atoms with Crippen LogP contribution in [0.25, 0.3) is 0 Å². The number of hydrogen-bond acceptors (Lipinski definition) is 2. The second-order valence-electron chi connectivity index (χ2n) is 5.06. The summed E-state index contributed by atoms with van der Waals surface area (Å²) in [7, 11) is 0. The Balaban J connectivity index is 2.07. The van der Waals surface area contributed by atoms with Crippen molar-refractivity contribution in [2.45, 2.75) is 25.4 Å². The van der Waals surface area contributed by atoms with E-state index in [9.17, 15) is 9.90 Å². The molecule has 4 heteroatoms. The van der Waals surface area contributed by atoms with Crippen LogP contribution in [0.15, 0.2) is 30.3 Å². The van der Waals surface area contributed by atoms with E-state index < -0.39 is 11.7 Å². The first kappa shape index (κ1) is 12.9. The van der Waals surface area contributed by atoms with Crippen LogP contribution >= 0.6 is 0 Å². The molecule has 1 unspecified atom stereocenters. The molecule has 0 radical (unpaired) electrons. The van der Waals surface area contributed by atoms with Gasteiger partial charge in [0.05, 0.1) is 5.60 Å². The van der Waals surface area contributed by atoms with Crippen molar-refractivity contribution in [3.8, 4) is 0 Å². The predicted octanol–water partition coefficient (Wildman–Crippen LogP) is 2.28. The van der Waals surface area contributed by atoms with Crippen LogP contribution in [0.5, 0.6) is 0 Å². The lowest BCUT2D eigenvalue weighted by Gasteiger charge is -2.39. The molecule has 1 aromatic carbocycles. The summed E-state index contributed by atoms with van der Waals surface area (Å²) < 4.78 is 0. The average molecular weight is 249 g/mol. The molecule has 1 saturated heterocycles. The predicted molar refractivity (Wildman–Crippen MR) is 68.3 cm³/mol. The summed E-state index contributed by atoms with van der Waals surface area (Å²) in [6.07, 6.45) is 0.537. The molecule has 18 heavy (non-hydrogen) atoms. The van der Waals surface area contributed by atoms with Crippen molar-refractivity contribution in [1.82, 2.24) is 4.90 Å². The zero-order valence-corrected chi connectivity index (χ0v) is 10.5. The lowest BCUT2D eigenvalue weighted by molar-refractivity contribution is -0.0308. The van der Waals surface area contributed by atoms with Crippen LogP contribution in [0.2, 0.25) is 0 Å². The maximum absolute atomic E-state index is 10.8. The van der Waals surface area contributed by atoms with E-state index >= 15 is 0 Å². The van der Waals surface area contributed by atoms with E-state index in [2.05, 4.69) is 0 Å². The highest BCUT2D eigenvalue weighted by Crippen LogP contribution is 2.36. The lowest BCUT2D eigenvalue weighted by Crippen LogP contribution is -2.43. The summed E-state index contributed by atoms with van der Waals surface area (Å²) in [5, 5.41) is 19.6. The molecule has 0 bridgehead atoms. The summed E-state index contributed by atoms with van der Waals surface area (Å²) in [5.74, 6) is 0.107. The first-order valence-electron chi connectivity index (χ1n) is 6.27. The number of likely N-dealkylation sites (tertiary alicyclic amines) is 1. The fourth-order valence-electron chi connectivity index (χ4n) is 2.64. The van der Waals surface area contributed by atoms with Crippen LogP contribution in [0.4, 0.5) is 4.79 Å². The molecule has 2 rings (SSSR count).